The van der Waals surface area contributed by atoms with Crippen molar-refractivity contribution in [2.45, 2.75) is 0 Å². The summed E-state index contributed by atoms with van der Waals surface area (Å²) >= 11 is 0. The fourth-order valence-corrected chi connectivity index (χ4v) is 2.50. The molecule has 0 radical (unpaired) electrons. The summed E-state index contributed by atoms with van der Waals surface area (Å²) in [6, 6.07) is 10.1. The van der Waals surface area contributed by atoms with Crippen LogP contribution in [0.3, 0.4) is 0 Å². The van der Waals surface area contributed by atoms with Crippen LogP contribution >= 0.6 is 0 Å². The number of pyridine rings is 1. The number of carboxylic acid groups (broad SMARTS) is 1. The molecule has 0 aliphatic heterocycles. The number of nitrogens with zero attached hydrogens (tertiary/aromatic N) is 1. The molecule has 0 aliphatic carbocycles. The zero-order chi connectivity index (χ0) is 18.2. The minimum absolute atomic E-state index is 0.262. The average molecular weight is 353 g/mol. The average Bonchev–Trinajstić information content (AvgIpc) is 3.01. The van der Waals surface area contributed by atoms with Gasteiger partial charge in [-0.3, -0.25) is 0 Å². The normalized spacial score (nSPS) is 10.6. The summed E-state index contributed by atoms with van der Waals surface area (Å²) in [7, 11) is 0. The Morgan fingerprint density at radius 1 is 1.19 bits per heavy atom. The van der Waals surface area contributed by atoms with E-state index in [0.29, 0.717) is 26.4 Å². The number of hydrogen-bond donors (Lipinski definition) is 3. The van der Waals surface area contributed by atoms with Crippen LogP contribution in [0.4, 0.5) is 4.79 Å². The third kappa shape index (κ3) is 4.72. The van der Waals surface area contributed by atoms with Crippen molar-refractivity contribution in [3.05, 3.63) is 42.1 Å². The van der Waals surface area contributed by atoms with Gasteiger partial charge in [-0.25, -0.2) is 9.78 Å². The van der Waals surface area contributed by atoms with Crippen molar-refractivity contribution in [2.24, 2.45) is 0 Å². The fourth-order valence-electron chi connectivity index (χ4n) is 2.50. The Morgan fingerprint density at radius 3 is 2.92 bits per heavy atom. The van der Waals surface area contributed by atoms with Gasteiger partial charge in [-0.2, -0.15) is 0 Å². The maximum atomic E-state index is 10.2. The minimum atomic E-state index is -1.06. The summed E-state index contributed by atoms with van der Waals surface area (Å²) in [5.41, 5.74) is 2.74. The summed E-state index contributed by atoms with van der Waals surface area (Å²) in [5, 5.41) is 12.8. The highest BCUT2D eigenvalue weighted by Gasteiger charge is 2.04. The van der Waals surface area contributed by atoms with E-state index in [0.717, 1.165) is 27.5 Å². The maximum Gasteiger partial charge on any atom is 0.404 e. The summed E-state index contributed by atoms with van der Waals surface area (Å²) < 4.78 is 10.6. The number of benzene rings is 1. The summed E-state index contributed by atoms with van der Waals surface area (Å²) in [4.78, 5) is 17.9. The van der Waals surface area contributed by atoms with E-state index in [-0.39, 0.29) is 6.54 Å². The number of amides is 1. The molecule has 2 aromatic heterocycles. The van der Waals surface area contributed by atoms with Crippen molar-refractivity contribution >= 4 is 28.0 Å². The highest BCUT2D eigenvalue weighted by molar-refractivity contribution is 6.06. The molecule has 2 heterocycles. The molecule has 7 heteroatoms. The maximum absolute atomic E-state index is 10.2. The molecule has 3 rings (SSSR count). The standard InChI is InChI=1S/C19H19N3O4/c23-19(24)20-7-9-26-11-10-25-8-3-4-14-12-16-15-5-1-2-6-17(15)22-18(16)21-13-14/h1-2,5-6,12-13,20H,7-11H2,(H,21,22)(H,23,24). The van der Waals surface area contributed by atoms with Crippen molar-refractivity contribution in [3.8, 4) is 11.8 Å². The van der Waals surface area contributed by atoms with Crippen LogP contribution in [0.25, 0.3) is 21.9 Å². The molecular formula is C19H19N3O4. The topological polar surface area (TPSA) is 96.5 Å². The van der Waals surface area contributed by atoms with Crippen LogP contribution in [0.15, 0.2) is 36.5 Å². The van der Waals surface area contributed by atoms with Crippen LogP contribution in [0, 0.1) is 11.8 Å². The number of rotatable bonds is 7. The molecule has 0 fully saturated rings. The molecule has 0 unspecified atom stereocenters. The second kappa shape index (κ2) is 8.85. The molecule has 1 aromatic carbocycles. The first-order valence-corrected chi connectivity index (χ1v) is 8.21. The molecule has 7 nitrogen and oxygen atoms in total. The number of aromatic amines is 1. The van der Waals surface area contributed by atoms with Crippen molar-refractivity contribution in [1.29, 1.82) is 0 Å². The monoisotopic (exact) mass is 353 g/mol. The largest absolute Gasteiger partial charge is 0.465 e. The van der Waals surface area contributed by atoms with Crippen molar-refractivity contribution in [1.82, 2.24) is 15.3 Å². The predicted octanol–water partition coefficient (Wildman–Crippen LogP) is 2.37. The van der Waals surface area contributed by atoms with Gasteiger partial charge in [-0.05, 0) is 12.1 Å². The Labute approximate surface area is 150 Å². The molecular weight excluding hydrogens is 334 g/mol. The lowest BCUT2D eigenvalue weighted by molar-refractivity contribution is 0.0613. The molecule has 3 aromatic rings. The Hall–Kier alpha value is -3.08. The summed E-state index contributed by atoms with van der Waals surface area (Å²) in [6.45, 7) is 1.67. The molecule has 134 valence electrons. The first-order valence-electron chi connectivity index (χ1n) is 8.21. The van der Waals surface area contributed by atoms with Gasteiger partial charge in [-0.1, -0.05) is 30.0 Å². The Balaban J connectivity index is 1.45. The lowest BCUT2D eigenvalue weighted by atomic mass is 10.1. The highest BCUT2D eigenvalue weighted by Crippen LogP contribution is 2.24. The first-order chi connectivity index (χ1) is 12.7. The zero-order valence-corrected chi connectivity index (χ0v) is 14.1. The quantitative estimate of drug-likeness (QED) is 0.448. The molecule has 0 aliphatic rings. The van der Waals surface area contributed by atoms with Crippen molar-refractivity contribution in [3.63, 3.8) is 0 Å². The number of fused-ring (bicyclic) bond motifs is 3. The Kier molecular flexibility index (Phi) is 6.04. The van der Waals surface area contributed by atoms with Gasteiger partial charge in [0.1, 0.15) is 12.3 Å². The van der Waals surface area contributed by atoms with Gasteiger partial charge in [0.05, 0.1) is 19.8 Å². The van der Waals surface area contributed by atoms with E-state index in [1.807, 2.05) is 24.3 Å². The van der Waals surface area contributed by atoms with Gasteiger partial charge in [0, 0.05) is 34.6 Å². The van der Waals surface area contributed by atoms with Gasteiger partial charge in [0.25, 0.3) is 0 Å². The van der Waals surface area contributed by atoms with Crippen LogP contribution in [0.5, 0.6) is 0 Å². The van der Waals surface area contributed by atoms with Gasteiger partial charge in [0.2, 0.25) is 0 Å². The molecule has 0 spiro atoms. The summed E-state index contributed by atoms with van der Waals surface area (Å²) in [6.07, 6.45) is 0.684. The van der Waals surface area contributed by atoms with Gasteiger partial charge in [-0.15, -0.1) is 0 Å². The van der Waals surface area contributed by atoms with E-state index in [4.69, 9.17) is 14.6 Å². The van der Waals surface area contributed by atoms with Gasteiger partial charge >= 0.3 is 6.09 Å². The molecule has 0 bridgehead atoms. The van der Waals surface area contributed by atoms with Crippen LogP contribution in [-0.4, -0.2) is 54.1 Å². The highest BCUT2D eigenvalue weighted by atomic mass is 16.5. The second-order valence-corrected chi connectivity index (χ2v) is 5.49. The molecule has 1 amide bonds. The second-order valence-electron chi connectivity index (χ2n) is 5.49. The van der Waals surface area contributed by atoms with Crippen molar-refractivity contribution < 1.29 is 19.4 Å². The number of nitrogens with one attached hydrogen (secondary N) is 2. The fraction of sp³-hybridized carbons (Fsp3) is 0.263. The smallest absolute Gasteiger partial charge is 0.404 e. The van der Waals surface area contributed by atoms with Crippen LogP contribution < -0.4 is 5.32 Å². The molecule has 0 saturated heterocycles. The third-order valence-corrected chi connectivity index (χ3v) is 3.66. The Bertz CT molecular complexity index is 955. The van der Waals surface area contributed by atoms with E-state index in [1.54, 1.807) is 6.20 Å². The number of carbonyl (C=O) groups is 1. The molecule has 3 N–H and O–H groups in total. The zero-order valence-electron chi connectivity index (χ0n) is 14.1. The van der Waals surface area contributed by atoms with Crippen molar-refractivity contribution in [2.75, 3.05) is 33.0 Å². The van der Waals surface area contributed by atoms with E-state index in [2.05, 4.69) is 33.2 Å². The van der Waals surface area contributed by atoms with E-state index < -0.39 is 6.09 Å². The Morgan fingerprint density at radius 2 is 2.04 bits per heavy atom. The SMILES string of the molecule is O=C(O)NCCOCCOCC#Cc1cnc2[nH]c3ccccc3c2c1. The van der Waals surface area contributed by atoms with Crippen LogP contribution in [0.2, 0.25) is 0 Å². The summed E-state index contributed by atoms with van der Waals surface area (Å²) in [5.74, 6) is 6.00. The van der Waals surface area contributed by atoms with Gasteiger partial charge < -0.3 is 24.9 Å². The van der Waals surface area contributed by atoms with E-state index in [1.165, 1.54) is 0 Å². The van der Waals surface area contributed by atoms with Gasteiger partial charge in [0.15, 0.2) is 0 Å². The van der Waals surface area contributed by atoms with Crippen LogP contribution in [0.1, 0.15) is 5.56 Å². The number of H-pyrrole nitrogens is 1. The first kappa shape index (κ1) is 17.7. The molecule has 0 atom stereocenters. The number of aromatic nitrogens is 2. The number of para-hydroxylation sites is 1. The molecule has 26 heavy (non-hydrogen) atoms. The lowest BCUT2D eigenvalue weighted by Gasteiger charge is -2.03. The number of hydrogen-bond acceptors (Lipinski definition) is 4. The molecule has 0 saturated carbocycles. The minimum Gasteiger partial charge on any atom is -0.465 e. The van der Waals surface area contributed by atoms with E-state index >= 15 is 0 Å². The third-order valence-electron chi connectivity index (χ3n) is 3.66. The predicted molar refractivity (Wildman–Crippen MR) is 98.1 cm³/mol. The number of ether oxygens (including phenoxy) is 2. The van der Waals surface area contributed by atoms with E-state index in [9.17, 15) is 4.79 Å². The van der Waals surface area contributed by atoms with Crippen LogP contribution in [-0.2, 0) is 9.47 Å². The lowest BCUT2D eigenvalue weighted by Crippen LogP contribution is -2.25.